The maximum atomic E-state index is 5.97. The van der Waals surface area contributed by atoms with Crippen molar-refractivity contribution < 1.29 is 0 Å². The van der Waals surface area contributed by atoms with Crippen LogP contribution in [-0.4, -0.2) is 16.5 Å². The van der Waals surface area contributed by atoms with Gasteiger partial charge in [-0.3, -0.25) is 0 Å². The number of benzene rings is 1. The Morgan fingerprint density at radius 3 is 2.85 bits per heavy atom. The van der Waals surface area contributed by atoms with Gasteiger partial charge in [-0.15, -0.1) is 0 Å². The van der Waals surface area contributed by atoms with Crippen LogP contribution in [0.2, 0.25) is 0 Å². The lowest BCUT2D eigenvalue weighted by Gasteiger charge is -2.30. The molecule has 2 aliphatic rings. The first-order valence-corrected chi connectivity index (χ1v) is 7.31. The van der Waals surface area contributed by atoms with Crippen LogP contribution in [0.15, 0.2) is 30.3 Å². The number of aryl methyl sites for hydroxylation is 1. The van der Waals surface area contributed by atoms with E-state index in [1.807, 2.05) is 6.07 Å². The molecule has 1 aromatic heterocycles. The van der Waals surface area contributed by atoms with E-state index in [1.54, 1.807) is 0 Å². The van der Waals surface area contributed by atoms with Crippen molar-refractivity contribution in [3.05, 3.63) is 41.7 Å². The zero-order valence-corrected chi connectivity index (χ0v) is 11.4. The zero-order valence-electron chi connectivity index (χ0n) is 11.4. The van der Waals surface area contributed by atoms with Crippen molar-refractivity contribution in [2.75, 3.05) is 17.2 Å². The first kappa shape index (κ1) is 11.7. The van der Waals surface area contributed by atoms with Gasteiger partial charge in [0.05, 0.1) is 0 Å². The van der Waals surface area contributed by atoms with Gasteiger partial charge in [0.1, 0.15) is 17.5 Å². The summed E-state index contributed by atoms with van der Waals surface area (Å²) in [6.45, 7) is 0.998. The van der Waals surface area contributed by atoms with Gasteiger partial charge in [0.2, 0.25) is 0 Å². The molecule has 20 heavy (non-hydrogen) atoms. The lowest BCUT2D eigenvalue weighted by atomic mass is 10.0. The van der Waals surface area contributed by atoms with E-state index >= 15 is 0 Å². The van der Waals surface area contributed by atoms with Gasteiger partial charge in [-0.2, -0.15) is 0 Å². The molecule has 1 aliphatic carbocycles. The van der Waals surface area contributed by atoms with Gasteiger partial charge in [0, 0.05) is 24.2 Å². The molecule has 1 aliphatic heterocycles. The van der Waals surface area contributed by atoms with Crippen LogP contribution < -0.4 is 10.6 Å². The first-order valence-electron chi connectivity index (χ1n) is 7.31. The third-order valence-electron chi connectivity index (χ3n) is 4.08. The van der Waals surface area contributed by atoms with Crippen LogP contribution in [0, 0.1) is 0 Å². The minimum atomic E-state index is 0.525. The Morgan fingerprint density at radius 2 is 2.00 bits per heavy atom. The molecule has 0 amide bonds. The summed E-state index contributed by atoms with van der Waals surface area (Å²) >= 11 is 0. The Labute approximate surface area is 118 Å². The summed E-state index contributed by atoms with van der Waals surface area (Å²) in [5.74, 6) is 2.98. The van der Waals surface area contributed by atoms with Gasteiger partial charge < -0.3 is 10.6 Å². The van der Waals surface area contributed by atoms with Gasteiger partial charge in [-0.1, -0.05) is 18.2 Å². The number of rotatable bonds is 2. The summed E-state index contributed by atoms with van der Waals surface area (Å²) in [5.41, 5.74) is 8.63. The van der Waals surface area contributed by atoms with E-state index in [2.05, 4.69) is 34.1 Å². The molecule has 4 nitrogen and oxygen atoms in total. The number of nitrogens with two attached hydrogens (primary N) is 1. The third kappa shape index (κ3) is 2.01. The quantitative estimate of drug-likeness (QED) is 0.907. The van der Waals surface area contributed by atoms with Crippen LogP contribution in [0.3, 0.4) is 0 Å². The van der Waals surface area contributed by atoms with Gasteiger partial charge in [0.15, 0.2) is 0 Å². The van der Waals surface area contributed by atoms with Crippen LogP contribution in [0.25, 0.3) is 0 Å². The monoisotopic (exact) mass is 266 g/mol. The van der Waals surface area contributed by atoms with Gasteiger partial charge >= 0.3 is 0 Å². The average Bonchev–Trinajstić information content (AvgIpc) is 3.30. The van der Waals surface area contributed by atoms with E-state index in [1.165, 1.54) is 24.1 Å². The Kier molecular flexibility index (Phi) is 2.62. The molecule has 0 saturated heterocycles. The number of aromatic nitrogens is 2. The number of para-hydroxylation sites is 1. The summed E-state index contributed by atoms with van der Waals surface area (Å²) in [4.78, 5) is 11.4. The highest BCUT2D eigenvalue weighted by Gasteiger charge is 2.28. The fourth-order valence-electron chi connectivity index (χ4n) is 2.91. The van der Waals surface area contributed by atoms with E-state index in [0.29, 0.717) is 11.7 Å². The predicted molar refractivity (Wildman–Crippen MR) is 80.2 cm³/mol. The number of hydrogen-bond donors (Lipinski definition) is 1. The number of anilines is 3. The standard InChI is InChI=1S/C16H18N4/c17-14-10-15(19-16(18-14)12-7-8-12)20-9-3-5-11-4-1-2-6-13(11)20/h1-2,4,6,10,12H,3,5,7-9H2,(H2,17,18,19). The highest BCUT2D eigenvalue weighted by Crippen LogP contribution is 2.40. The van der Waals surface area contributed by atoms with Crippen molar-refractivity contribution in [2.24, 2.45) is 0 Å². The number of nitrogen functional groups attached to an aromatic ring is 1. The second-order valence-electron chi connectivity index (χ2n) is 5.67. The summed E-state index contributed by atoms with van der Waals surface area (Å²) in [6, 6.07) is 10.5. The maximum Gasteiger partial charge on any atom is 0.138 e. The molecule has 1 aromatic carbocycles. The Bertz CT molecular complexity index is 649. The van der Waals surface area contributed by atoms with Crippen molar-refractivity contribution in [3.8, 4) is 0 Å². The molecular weight excluding hydrogens is 248 g/mol. The molecule has 1 saturated carbocycles. The summed E-state index contributed by atoms with van der Waals surface area (Å²) in [7, 11) is 0. The van der Waals surface area contributed by atoms with Crippen LogP contribution >= 0.6 is 0 Å². The van der Waals surface area contributed by atoms with Crippen LogP contribution in [0.4, 0.5) is 17.3 Å². The fraction of sp³-hybridized carbons (Fsp3) is 0.375. The molecule has 0 spiro atoms. The van der Waals surface area contributed by atoms with Crippen molar-refractivity contribution in [1.29, 1.82) is 0 Å². The normalized spacial score (nSPS) is 17.9. The molecule has 1 fully saturated rings. The Hall–Kier alpha value is -2.10. The SMILES string of the molecule is Nc1cc(N2CCCc3ccccc32)nc(C2CC2)n1. The minimum Gasteiger partial charge on any atom is -0.384 e. The lowest BCUT2D eigenvalue weighted by Crippen LogP contribution is -2.25. The second kappa shape index (κ2) is 4.47. The predicted octanol–water partition coefficient (Wildman–Crippen LogP) is 3.02. The number of hydrogen-bond acceptors (Lipinski definition) is 4. The largest absolute Gasteiger partial charge is 0.384 e. The van der Waals surface area contributed by atoms with E-state index < -0.39 is 0 Å². The molecule has 2 N–H and O–H groups in total. The van der Waals surface area contributed by atoms with Gasteiger partial charge in [-0.05, 0) is 37.3 Å². The number of nitrogens with zero attached hydrogens (tertiary/aromatic N) is 3. The third-order valence-corrected chi connectivity index (χ3v) is 4.08. The maximum absolute atomic E-state index is 5.97. The first-order chi connectivity index (χ1) is 9.81. The van der Waals surface area contributed by atoms with Crippen LogP contribution in [-0.2, 0) is 6.42 Å². The molecule has 0 atom stereocenters. The minimum absolute atomic E-state index is 0.525. The van der Waals surface area contributed by atoms with Crippen molar-refractivity contribution in [3.63, 3.8) is 0 Å². The summed E-state index contributed by atoms with van der Waals surface area (Å²) in [6.07, 6.45) is 4.68. The highest BCUT2D eigenvalue weighted by atomic mass is 15.2. The van der Waals surface area contributed by atoms with Crippen LogP contribution in [0.5, 0.6) is 0 Å². The number of fused-ring (bicyclic) bond motifs is 1. The molecule has 102 valence electrons. The lowest BCUT2D eigenvalue weighted by molar-refractivity contribution is 0.754. The molecule has 0 radical (unpaired) electrons. The average molecular weight is 266 g/mol. The topological polar surface area (TPSA) is 55.0 Å². The summed E-state index contributed by atoms with van der Waals surface area (Å²) < 4.78 is 0. The zero-order chi connectivity index (χ0) is 13.5. The van der Waals surface area contributed by atoms with Crippen molar-refractivity contribution >= 4 is 17.3 Å². The molecule has 4 heteroatoms. The second-order valence-corrected chi connectivity index (χ2v) is 5.67. The van der Waals surface area contributed by atoms with Gasteiger partial charge in [0.25, 0.3) is 0 Å². The van der Waals surface area contributed by atoms with Crippen LogP contribution in [0.1, 0.15) is 36.6 Å². The summed E-state index contributed by atoms with van der Waals surface area (Å²) in [5, 5.41) is 0. The van der Waals surface area contributed by atoms with Gasteiger partial charge in [-0.25, -0.2) is 9.97 Å². The van der Waals surface area contributed by atoms with E-state index in [0.717, 1.165) is 31.0 Å². The fourth-order valence-corrected chi connectivity index (χ4v) is 2.91. The molecule has 4 rings (SSSR count). The Morgan fingerprint density at radius 1 is 1.15 bits per heavy atom. The van der Waals surface area contributed by atoms with E-state index in [-0.39, 0.29) is 0 Å². The van der Waals surface area contributed by atoms with E-state index in [4.69, 9.17) is 10.7 Å². The highest BCUT2D eigenvalue weighted by molar-refractivity contribution is 5.66. The molecule has 2 aromatic rings. The Balaban J connectivity index is 1.78. The van der Waals surface area contributed by atoms with Crippen molar-refractivity contribution in [1.82, 2.24) is 9.97 Å². The molecule has 0 bridgehead atoms. The van der Waals surface area contributed by atoms with Crippen molar-refractivity contribution in [2.45, 2.75) is 31.6 Å². The van der Waals surface area contributed by atoms with E-state index in [9.17, 15) is 0 Å². The smallest absolute Gasteiger partial charge is 0.138 e. The molecule has 0 unspecified atom stereocenters. The molecular formula is C16H18N4. The molecule has 2 heterocycles.